The van der Waals surface area contributed by atoms with E-state index in [0.717, 1.165) is 24.2 Å². The van der Waals surface area contributed by atoms with Gasteiger partial charge in [-0.2, -0.15) is 0 Å². The molecule has 0 N–H and O–H groups in total. The summed E-state index contributed by atoms with van der Waals surface area (Å²) >= 11 is 0. The lowest BCUT2D eigenvalue weighted by Gasteiger charge is -2.17. The summed E-state index contributed by atoms with van der Waals surface area (Å²) in [4.78, 5) is 26.2. The summed E-state index contributed by atoms with van der Waals surface area (Å²) in [7, 11) is 0. The van der Waals surface area contributed by atoms with Gasteiger partial charge in [-0.3, -0.25) is 14.8 Å². The van der Waals surface area contributed by atoms with Crippen LogP contribution in [0.3, 0.4) is 0 Å². The SMILES string of the molecule is O=C(Oc1cc(-c2ccccn2)nc(-c2ccccn2)c1)C1CC2C=CC1C2. The average Bonchev–Trinajstić information content (AvgIpc) is 3.39. The Kier molecular flexibility index (Phi) is 4.20. The van der Waals surface area contributed by atoms with Crippen LogP contribution in [0.15, 0.2) is 73.1 Å². The summed E-state index contributed by atoms with van der Waals surface area (Å²) in [6.45, 7) is 0. The zero-order valence-electron chi connectivity index (χ0n) is 15.2. The fourth-order valence-electron chi connectivity index (χ4n) is 4.10. The van der Waals surface area contributed by atoms with Crippen molar-refractivity contribution in [2.24, 2.45) is 17.8 Å². The third-order valence-corrected chi connectivity index (χ3v) is 5.45. The predicted octanol–water partition coefficient (Wildman–Crippen LogP) is 4.32. The maximum absolute atomic E-state index is 12.8. The smallest absolute Gasteiger partial charge is 0.314 e. The molecule has 2 aliphatic rings. The van der Waals surface area contributed by atoms with Gasteiger partial charge in [-0.1, -0.05) is 24.3 Å². The first-order chi connectivity index (χ1) is 13.8. The molecule has 3 heterocycles. The molecule has 0 amide bonds. The number of ether oxygens (including phenoxy) is 1. The molecule has 5 heteroatoms. The van der Waals surface area contributed by atoms with Crippen molar-refractivity contribution in [1.29, 1.82) is 0 Å². The zero-order chi connectivity index (χ0) is 18.9. The number of aromatic nitrogens is 3. The summed E-state index contributed by atoms with van der Waals surface area (Å²) in [5.74, 6) is 1.09. The number of hydrogen-bond acceptors (Lipinski definition) is 5. The van der Waals surface area contributed by atoms with Crippen LogP contribution in [0.2, 0.25) is 0 Å². The van der Waals surface area contributed by atoms with E-state index in [1.54, 1.807) is 24.5 Å². The minimum atomic E-state index is -0.165. The van der Waals surface area contributed by atoms with Gasteiger partial charge in [-0.05, 0) is 48.9 Å². The Morgan fingerprint density at radius 1 is 0.857 bits per heavy atom. The molecule has 0 spiro atoms. The van der Waals surface area contributed by atoms with Crippen LogP contribution in [0.4, 0.5) is 0 Å². The van der Waals surface area contributed by atoms with Gasteiger partial charge in [-0.25, -0.2) is 4.98 Å². The second-order valence-corrected chi connectivity index (χ2v) is 7.31. The van der Waals surface area contributed by atoms with E-state index in [1.165, 1.54) is 0 Å². The Labute approximate surface area is 163 Å². The molecule has 1 saturated carbocycles. The van der Waals surface area contributed by atoms with E-state index >= 15 is 0 Å². The monoisotopic (exact) mass is 369 g/mol. The van der Waals surface area contributed by atoms with Crippen LogP contribution in [0.25, 0.3) is 22.8 Å². The fourth-order valence-corrected chi connectivity index (χ4v) is 4.10. The molecule has 0 aliphatic heterocycles. The highest BCUT2D eigenvalue weighted by Crippen LogP contribution is 2.44. The van der Waals surface area contributed by atoms with Crippen molar-refractivity contribution in [1.82, 2.24) is 15.0 Å². The minimum Gasteiger partial charge on any atom is -0.426 e. The summed E-state index contributed by atoms with van der Waals surface area (Å²) in [6, 6.07) is 14.8. The number of allylic oxidation sites excluding steroid dienone is 2. The Balaban J connectivity index is 1.50. The largest absolute Gasteiger partial charge is 0.426 e. The highest BCUT2D eigenvalue weighted by Gasteiger charge is 2.41. The second kappa shape index (κ2) is 7.00. The lowest BCUT2D eigenvalue weighted by atomic mass is 9.94. The molecule has 0 radical (unpaired) electrons. The molecule has 5 rings (SSSR count). The first-order valence-corrected chi connectivity index (χ1v) is 9.51. The number of esters is 1. The number of pyridine rings is 3. The quantitative estimate of drug-likeness (QED) is 0.506. The third-order valence-electron chi connectivity index (χ3n) is 5.45. The molecule has 3 atom stereocenters. The van der Waals surface area contributed by atoms with Crippen molar-refractivity contribution >= 4 is 5.97 Å². The van der Waals surface area contributed by atoms with Crippen molar-refractivity contribution in [3.05, 3.63) is 73.1 Å². The Morgan fingerprint density at radius 3 is 2.04 bits per heavy atom. The molecule has 0 saturated heterocycles. The molecular weight excluding hydrogens is 350 g/mol. The van der Waals surface area contributed by atoms with E-state index < -0.39 is 0 Å². The molecule has 3 aromatic heterocycles. The van der Waals surface area contributed by atoms with Crippen LogP contribution in [0, 0.1) is 17.8 Å². The van der Waals surface area contributed by atoms with Gasteiger partial charge in [0.25, 0.3) is 0 Å². The number of fused-ring (bicyclic) bond motifs is 2. The van der Waals surface area contributed by atoms with E-state index in [1.807, 2.05) is 36.4 Å². The molecule has 2 aliphatic carbocycles. The van der Waals surface area contributed by atoms with Gasteiger partial charge in [-0.15, -0.1) is 0 Å². The van der Waals surface area contributed by atoms with Crippen LogP contribution in [0.5, 0.6) is 5.75 Å². The van der Waals surface area contributed by atoms with Gasteiger partial charge in [0.15, 0.2) is 0 Å². The van der Waals surface area contributed by atoms with Crippen LogP contribution >= 0.6 is 0 Å². The van der Waals surface area contributed by atoms with Gasteiger partial charge in [0.1, 0.15) is 5.75 Å². The Bertz CT molecular complexity index is 976. The molecule has 5 nitrogen and oxygen atoms in total. The summed E-state index contributed by atoms with van der Waals surface area (Å²) < 4.78 is 5.81. The zero-order valence-corrected chi connectivity index (χ0v) is 15.2. The average molecular weight is 369 g/mol. The first-order valence-electron chi connectivity index (χ1n) is 9.51. The van der Waals surface area contributed by atoms with Gasteiger partial charge < -0.3 is 4.74 Å². The number of nitrogens with zero attached hydrogens (tertiary/aromatic N) is 3. The molecular formula is C23H19N3O2. The highest BCUT2D eigenvalue weighted by atomic mass is 16.5. The van der Waals surface area contributed by atoms with Gasteiger partial charge in [0, 0.05) is 24.5 Å². The van der Waals surface area contributed by atoms with Gasteiger partial charge >= 0.3 is 5.97 Å². The maximum Gasteiger partial charge on any atom is 0.314 e. The number of rotatable bonds is 4. The summed E-state index contributed by atoms with van der Waals surface area (Å²) in [5, 5.41) is 0. The lowest BCUT2D eigenvalue weighted by Crippen LogP contribution is -2.24. The Morgan fingerprint density at radius 2 is 1.54 bits per heavy atom. The number of carbonyl (C=O) groups excluding carboxylic acids is 1. The molecule has 1 fully saturated rings. The first kappa shape index (κ1) is 16.8. The van der Waals surface area contributed by atoms with E-state index in [9.17, 15) is 4.79 Å². The van der Waals surface area contributed by atoms with Crippen LogP contribution < -0.4 is 4.74 Å². The van der Waals surface area contributed by atoms with Crippen molar-refractivity contribution in [2.45, 2.75) is 12.8 Å². The Hall–Kier alpha value is -3.34. The molecule has 2 bridgehead atoms. The third kappa shape index (κ3) is 3.20. The topological polar surface area (TPSA) is 65.0 Å². The summed E-state index contributed by atoms with van der Waals surface area (Å²) in [5.41, 5.74) is 2.75. The van der Waals surface area contributed by atoms with Crippen LogP contribution in [0.1, 0.15) is 12.8 Å². The number of carbonyl (C=O) groups is 1. The lowest BCUT2D eigenvalue weighted by molar-refractivity contribution is -0.139. The van der Waals surface area contributed by atoms with Crippen molar-refractivity contribution in [2.75, 3.05) is 0 Å². The van der Waals surface area contributed by atoms with Crippen molar-refractivity contribution < 1.29 is 9.53 Å². The predicted molar refractivity (Wildman–Crippen MR) is 105 cm³/mol. The van der Waals surface area contributed by atoms with Gasteiger partial charge in [0.2, 0.25) is 0 Å². The molecule has 3 unspecified atom stereocenters. The van der Waals surface area contributed by atoms with Crippen molar-refractivity contribution in [3.63, 3.8) is 0 Å². The van der Waals surface area contributed by atoms with Crippen LogP contribution in [-0.4, -0.2) is 20.9 Å². The van der Waals surface area contributed by atoms with E-state index in [0.29, 0.717) is 29.0 Å². The van der Waals surface area contributed by atoms with E-state index in [-0.39, 0.29) is 11.9 Å². The van der Waals surface area contributed by atoms with E-state index in [2.05, 4.69) is 27.1 Å². The molecule has 0 aromatic carbocycles. The normalized spacial score (nSPS) is 22.4. The van der Waals surface area contributed by atoms with E-state index in [4.69, 9.17) is 4.74 Å². The maximum atomic E-state index is 12.8. The van der Waals surface area contributed by atoms with Crippen LogP contribution in [-0.2, 0) is 4.79 Å². The molecule has 138 valence electrons. The second-order valence-electron chi connectivity index (χ2n) is 7.31. The molecule has 3 aromatic rings. The van der Waals surface area contributed by atoms with Crippen molar-refractivity contribution in [3.8, 4) is 28.5 Å². The number of hydrogen-bond donors (Lipinski definition) is 0. The van der Waals surface area contributed by atoms with Gasteiger partial charge in [0.05, 0.1) is 28.7 Å². The standard InChI is InChI=1S/C23H19N3O2/c27-23(18-12-15-7-8-16(18)11-15)28-17-13-21(19-5-1-3-9-24-19)26-22(14-17)20-6-2-4-10-25-20/h1-10,13-16,18H,11-12H2. The summed E-state index contributed by atoms with van der Waals surface area (Å²) in [6.07, 6.45) is 9.76. The minimum absolute atomic E-state index is 0.0558. The molecule has 28 heavy (non-hydrogen) atoms. The fraction of sp³-hybridized carbons (Fsp3) is 0.217. The highest BCUT2D eigenvalue weighted by molar-refractivity contribution is 5.77.